The molecule has 0 spiro atoms. The second kappa shape index (κ2) is 34.9. The second-order valence-electron chi connectivity index (χ2n) is 15.7. The van der Waals surface area contributed by atoms with Gasteiger partial charge in [-0.05, 0) is 69.7 Å². The Bertz CT molecular complexity index is 745. The van der Waals surface area contributed by atoms with Gasteiger partial charge >= 0.3 is 11.9 Å². The van der Waals surface area contributed by atoms with Gasteiger partial charge in [-0.2, -0.15) is 0 Å². The molecular weight excluding hydrogens is 622 g/mol. The molecule has 1 aliphatic rings. The molecule has 296 valence electrons. The lowest BCUT2D eigenvalue weighted by atomic mass is 9.79. The molecule has 0 radical (unpaired) electrons. The number of rotatable bonds is 36. The summed E-state index contributed by atoms with van der Waals surface area (Å²) in [6, 6.07) is 0. The number of β-amino-alcohol motifs (C(OH)–C–C–N with tert-alkyl or cyclic N) is 1. The Kier molecular flexibility index (Phi) is 32.7. The SMILES string of the molecule is CCCCCCCCCCCOC(=O)CCC1CN(CCO)CCC1CCCCCC(=O)OC(CCCCCCCC)CCCCCCCC. The summed E-state index contributed by atoms with van der Waals surface area (Å²) < 4.78 is 11.7. The van der Waals surface area contributed by atoms with Crippen LogP contribution in [0.15, 0.2) is 0 Å². The number of carbonyl (C=O) groups is 2. The third-order valence-electron chi connectivity index (χ3n) is 11.1. The van der Waals surface area contributed by atoms with Gasteiger partial charge in [0.2, 0.25) is 0 Å². The van der Waals surface area contributed by atoms with Crippen LogP contribution in [0.3, 0.4) is 0 Å². The summed E-state index contributed by atoms with van der Waals surface area (Å²) in [7, 11) is 0. The first kappa shape index (κ1) is 46.9. The fourth-order valence-electron chi connectivity index (χ4n) is 7.85. The second-order valence-corrected chi connectivity index (χ2v) is 15.7. The molecule has 1 rings (SSSR count). The van der Waals surface area contributed by atoms with Crippen LogP contribution in [-0.2, 0) is 19.1 Å². The van der Waals surface area contributed by atoms with Gasteiger partial charge in [0.1, 0.15) is 6.10 Å². The predicted octanol–water partition coefficient (Wildman–Crippen LogP) is 12.1. The van der Waals surface area contributed by atoms with Crippen LogP contribution in [0, 0.1) is 11.8 Å². The smallest absolute Gasteiger partial charge is 0.306 e. The number of piperidine rings is 1. The fourth-order valence-corrected chi connectivity index (χ4v) is 7.85. The minimum Gasteiger partial charge on any atom is -0.466 e. The first-order chi connectivity index (χ1) is 24.5. The van der Waals surface area contributed by atoms with Gasteiger partial charge < -0.3 is 19.5 Å². The molecule has 1 heterocycles. The fraction of sp³-hybridized carbons (Fsp3) is 0.955. The molecule has 0 aromatic carbocycles. The number of unbranched alkanes of at least 4 members (excludes halogenated alkanes) is 20. The predicted molar refractivity (Wildman–Crippen MR) is 211 cm³/mol. The van der Waals surface area contributed by atoms with Crippen LogP contribution in [0.4, 0.5) is 0 Å². The summed E-state index contributed by atoms with van der Waals surface area (Å²) >= 11 is 0. The summed E-state index contributed by atoms with van der Waals surface area (Å²) in [6.07, 6.45) is 36.1. The van der Waals surface area contributed by atoms with Gasteiger partial charge in [-0.3, -0.25) is 9.59 Å². The van der Waals surface area contributed by atoms with E-state index in [-0.39, 0.29) is 24.6 Å². The summed E-state index contributed by atoms with van der Waals surface area (Å²) in [5.41, 5.74) is 0. The lowest BCUT2D eigenvalue weighted by Crippen LogP contribution is -2.42. The maximum absolute atomic E-state index is 12.9. The van der Waals surface area contributed by atoms with E-state index in [4.69, 9.17) is 9.47 Å². The van der Waals surface area contributed by atoms with Crippen molar-refractivity contribution in [2.75, 3.05) is 32.8 Å². The van der Waals surface area contributed by atoms with Crippen LogP contribution < -0.4 is 0 Å². The van der Waals surface area contributed by atoms with Gasteiger partial charge in [-0.25, -0.2) is 0 Å². The van der Waals surface area contributed by atoms with Crippen LogP contribution in [0.1, 0.15) is 220 Å². The highest BCUT2D eigenvalue weighted by Gasteiger charge is 2.29. The molecule has 0 aromatic rings. The Morgan fingerprint density at radius 3 is 1.68 bits per heavy atom. The van der Waals surface area contributed by atoms with Crippen LogP contribution in [-0.4, -0.2) is 60.9 Å². The zero-order valence-corrected chi connectivity index (χ0v) is 33.7. The topological polar surface area (TPSA) is 76.1 Å². The summed E-state index contributed by atoms with van der Waals surface area (Å²) in [6.45, 7) is 10.2. The lowest BCUT2D eigenvalue weighted by molar-refractivity contribution is -0.150. The van der Waals surface area contributed by atoms with E-state index in [0.29, 0.717) is 37.8 Å². The van der Waals surface area contributed by atoms with Gasteiger partial charge in [0.25, 0.3) is 0 Å². The third-order valence-corrected chi connectivity index (χ3v) is 11.1. The summed E-state index contributed by atoms with van der Waals surface area (Å²) in [5.74, 6) is 1.02. The van der Waals surface area contributed by atoms with Crippen molar-refractivity contribution in [2.24, 2.45) is 11.8 Å². The quantitative estimate of drug-likeness (QED) is 0.0516. The zero-order valence-electron chi connectivity index (χ0n) is 33.7. The summed E-state index contributed by atoms with van der Waals surface area (Å²) in [5, 5.41) is 9.52. The molecule has 0 saturated carbocycles. The molecule has 0 bridgehead atoms. The average molecular weight is 708 g/mol. The molecule has 6 heteroatoms. The Hall–Kier alpha value is -1.14. The van der Waals surface area contributed by atoms with Crippen molar-refractivity contribution in [3.05, 3.63) is 0 Å². The highest BCUT2D eigenvalue weighted by Crippen LogP contribution is 2.32. The first-order valence-electron chi connectivity index (χ1n) is 22.2. The molecule has 1 aliphatic heterocycles. The van der Waals surface area contributed by atoms with Gasteiger partial charge in [0, 0.05) is 25.9 Å². The van der Waals surface area contributed by atoms with Crippen molar-refractivity contribution < 1.29 is 24.2 Å². The molecule has 1 saturated heterocycles. The molecule has 6 nitrogen and oxygen atoms in total. The first-order valence-corrected chi connectivity index (χ1v) is 22.2. The monoisotopic (exact) mass is 708 g/mol. The van der Waals surface area contributed by atoms with Crippen LogP contribution in [0.5, 0.6) is 0 Å². The number of likely N-dealkylation sites (tertiary alicyclic amines) is 1. The van der Waals surface area contributed by atoms with E-state index in [1.807, 2.05) is 0 Å². The van der Waals surface area contributed by atoms with E-state index >= 15 is 0 Å². The van der Waals surface area contributed by atoms with Gasteiger partial charge in [-0.1, -0.05) is 156 Å². The molecule has 1 N–H and O–H groups in total. The van der Waals surface area contributed by atoms with Crippen molar-refractivity contribution in [3.63, 3.8) is 0 Å². The highest BCUT2D eigenvalue weighted by molar-refractivity contribution is 5.69. The Labute approximate surface area is 311 Å². The lowest BCUT2D eigenvalue weighted by Gasteiger charge is -2.38. The number of hydrogen-bond donors (Lipinski definition) is 1. The Morgan fingerprint density at radius 2 is 1.12 bits per heavy atom. The minimum atomic E-state index is -0.0487. The van der Waals surface area contributed by atoms with Gasteiger partial charge in [0.15, 0.2) is 0 Å². The maximum Gasteiger partial charge on any atom is 0.306 e. The summed E-state index contributed by atoms with van der Waals surface area (Å²) in [4.78, 5) is 27.8. The van der Waals surface area contributed by atoms with E-state index in [1.165, 1.54) is 122 Å². The van der Waals surface area contributed by atoms with E-state index in [0.717, 1.165) is 77.3 Å². The maximum atomic E-state index is 12.9. The van der Waals surface area contributed by atoms with E-state index in [1.54, 1.807) is 0 Å². The van der Waals surface area contributed by atoms with E-state index in [2.05, 4.69) is 25.7 Å². The highest BCUT2D eigenvalue weighted by atomic mass is 16.5. The van der Waals surface area contributed by atoms with E-state index in [9.17, 15) is 14.7 Å². The molecular formula is C44H85NO5. The number of hydrogen-bond acceptors (Lipinski definition) is 6. The number of aliphatic hydroxyl groups is 1. The normalized spacial score (nSPS) is 16.7. The third kappa shape index (κ3) is 27.5. The molecule has 2 unspecified atom stereocenters. The zero-order chi connectivity index (χ0) is 36.3. The largest absolute Gasteiger partial charge is 0.466 e. The molecule has 50 heavy (non-hydrogen) atoms. The number of esters is 2. The Balaban J connectivity index is 2.35. The molecule has 1 fully saturated rings. The van der Waals surface area contributed by atoms with Crippen LogP contribution in [0.25, 0.3) is 0 Å². The Morgan fingerprint density at radius 1 is 0.600 bits per heavy atom. The molecule has 0 aromatic heterocycles. The van der Waals surface area contributed by atoms with E-state index < -0.39 is 0 Å². The van der Waals surface area contributed by atoms with Gasteiger partial charge in [0.05, 0.1) is 13.2 Å². The van der Waals surface area contributed by atoms with Crippen molar-refractivity contribution >= 4 is 11.9 Å². The minimum absolute atomic E-state index is 0.00285. The van der Waals surface area contributed by atoms with Crippen molar-refractivity contribution in [2.45, 2.75) is 226 Å². The molecule has 0 aliphatic carbocycles. The standard InChI is InChI=1S/C44H85NO5/c1-4-7-10-13-16-17-18-21-27-38-49-43(47)33-32-41-39-45(36-37-46)35-34-40(41)28-23-22-26-31-44(48)50-42(29-24-19-14-11-8-5-2)30-25-20-15-12-9-6-3/h40-42,46H,4-39H2,1-3H3. The number of carbonyl (C=O) groups excluding carboxylic acids is 2. The molecule has 2 atom stereocenters. The number of aliphatic hydroxyl groups excluding tert-OH is 1. The van der Waals surface area contributed by atoms with Crippen LogP contribution >= 0.6 is 0 Å². The van der Waals surface area contributed by atoms with Crippen molar-refractivity contribution in [1.29, 1.82) is 0 Å². The average Bonchev–Trinajstić information content (AvgIpc) is 3.11. The van der Waals surface area contributed by atoms with Crippen LogP contribution in [0.2, 0.25) is 0 Å². The van der Waals surface area contributed by atoms with Crippen molar-refractivity contribution in [3.8, 4) is 0 Å². The number of ether oxygens (including phenoxy) is 2. The molecule has 0 amide bonds. The van der Waals surface area contributed by atoms with Crippen molar-refractivity contribution in [1.82, 2.24) is 4.90 Å². The van der Waals surface area contributed by atoms with Gasteiger partial charge in [-0.15, -0.1) is 0 Å². The number of nitrogens with zero attached hydrogens (tertiary/aromatic N) is 1.